The first-order valence-corrected chi connectivity index (χ1v) is 10.3. The van der Waals surface area contributed by atoms with Crippen molar-refractivity contribution in [3.63, 3.8) is 0 Å². The lowest BCUT2D eigenvalue weighted by atomic mass is 9.99. The average molecular weight is 403 g/mol. The molecule has 0 spiro atoms. The van der Waals surface area contributed by atoms with Crippen molar-refractivity contribution in [2.75, 3.05) is 5.73 Å². The standard InChI is InChI=1S/C14H16FN3O6P2/c15-14(25(19,20)21,26(22,23)24)7-10-6-9(4-5-18-10)11-2-1-3-13(17)12(11)8-16/h1-6,8,16H,7,17H2,(H2,19,20,21)(H2,22,23,24). The molecule has 0 unspecified atom stereocenters. The summed E-state index contributed by atoms with van der Waals surface area (Å²) in [6, 6.07) is 7.51. The predicted molar refractivity (Wildman–Crippen MR) is 93.6 cm³/mol. The first-order chi connectivity index (χ1) is 11.9. The Morgan fingerprint density at radius 3 is 2.35 bits per heavy atom. The molecule has 0 aliphatic heterocycles. The zero-order chi connectivity index (χ0) is 19.8. The summed E-state index contributed by atoms with van der Waals surface area (Å²) in [5, 5.41) is 3.36. The highest BCUT2D eigenvalue weighted by Crippen LogP contribution is 2.71. The monoisotopic (exact) mass is 403 g/mol. The van der Waals surface area contributed by atoms with Gasteiger partial charge >= 0.3 is 20.3 Å². The second-order valence-corrected chi connectivity index (χ2v) is 9.42. The van der Waals surface area contributed by atoms with E-state index in [0.717, 1.165) is 6.21 Å². The number of alkyl halides is 1. The number of pyridine rings is 1. The highest BCUT2D eigenvalue weighted by atomic mass is 31.2. The highest BCUT2D eigenvalue weighted by Gasteiger charge is 2.61. The predicted octanol–water partition coefficient (Wildman–Crippen LogP) is 1.85. The van der Waals surface area contributed by atoms with Crippen LogP contribution < -0.4 is 5.73 Å². The van der Waals surface area contributed by atoms with Crippen LogP contribution in [-0.4, -0.2) is 35.9 Å². The second-order valence-electron chi connectivity index (χ2n) is 5.47. The maximum atomic E-state index is 14.6. The fourth-order valence-corrected chi connectivity index (χ4v) is 4.44. The normalized spacial score (nSPS) is 12.8. The molecule has 0 saturated carbocycles. The minimum atomic E-state index is -5.81. The summed E-state index contributed by atoms with van der Waals surface area (Å²) in [6.45, 7) is 0. The summed E-state index contributed by atoms with van der Waals surface area (Å²) in [4.78, 5) is 40.2. The van der Waals surface area contributed by atoms with E-state index in [1.54, 1.807) is 18.2 Å². The SMILES string of the molecule is N=Cc1c(N)cccc1-c1ccnc(CC(F)(P(=O)(O)O)P(=O)(O)O)c1. The van der Waals surface area contributed by atoms with Crippen molar-refractivity contribution >= 4 is 27.1 Å². The number of hydrogen-bond donors (Lipinski definition) is 6. The van der Waals surface area contributed by atoms with Crippen molar-refractivity contribution in [2.24, 2.45) is 0 Å². The second kappa shape index (κ2) is 7.00. The topological polar surface area (TPSA) is 178 Å². The summed E-state index contributed by atoms with van der Waals surface area (Å²) >= 11 is 0. The molecule has 2 aromatic rings. The minimum absolute atomic E-state index is 0.282. The van der Waals surface area contributed by atoms with E-state index in [1.807, 2.05) is 0 Å². The number of nitrogens with one attached hydrogen (secondary N) is 1. The van der Waals surface area contributed by atoms with Crippen LogP contribution in [0.25, 0.3) is 11.1 Å². The van der Waals surface area contributed by atoms with E-state index >= 15 is 0 Å². The molecule has 2 rings (SSSR count). The van der Waals surface area contributed by atoms with Crippen LogP contribution in [0.2, 0.25) is 0 Å². The lowest BCUT2D eigenvalue weighted by Crippen LogP contribution is -2.26. The Kier molecular flexibility index (Phi) is 5.49. The van der Waals surface area contributed by atoms with Gasteiger partial charge in [0.1, 0.15) is 0 Å². The van der Waals surface area contributed by atoms with Crippen LogP contribution in [0.4, 0.5) is 10.1 Å². The van der Waals surface area contributed by atoms with Gasteiger partial charge in [0.25, 0.3) is 0 Å². The number of nitrogens with two attached hydrogens (primary N) is 1. The van der Waals surface area contributed by atoms with Gasteiger partial charge in [0.15, 0.2) is 0 Å². The van der Waals surface area contributed by atoms with E-state index in [9.17, 15) is 13.5 Å². The molecule has 9 nitrogen and oxygen atoms in total. The molecule has 0 atom stereocenters. The van der Waals surface area contributed by atoms with E-state index in [1.165, 1.54) is 18.3 Å². The smallest absolute Gasteiger partial charge is 0.375 e. The van der Waals surface area contributed by atoms with E-state index in [4.69, 9.17) is 30.7 Å². The summed E-state index contributed by atoms with van der Waals surface area (Å²) in [7, 11) is -11.6. The number of nitrogens with zero attached hydrogens (tertiary/aromatic N) is 1. The van der Waals surface area contributed by atoms with E-state index in [2.05, 4.69) is 4.98 Å². The molecular formula is C14H16FN3O6P2. The number of rotatable bonds is 6. The molecule has 0 saturated heterocycles. The molecule has 0 bridgehead atoms. The van der Waals surface area contributed by atoms with Crippen molar-refractivity contribution in [1.29, 1.82) is 5.41 Å². The third-order valence-corrected chi connectivity index (χ3v) is 7.38. The molecule has 1 aromatic heterocycles. The molecule has 1 aromatic carbocycles. The fraction of sp³-hybridized carbons (Fsp3) is 0.143. The largest absolute Gasteiger partial charge is 0.398 e. The van der Waals surface area contributed by atoms with Crippen molar-refractivity contribution < 1.29 is 33.1 Å². The first kappa shape index (κ1) is 20.4. The Labute approximate surface area is 147 Å². The average Bonchev–Trinajstić information content (AvgIpc) is 2.52. The lowest BCUT2D eigenvalue weighted by molar-refractivity contribution is 0.221. The Morgan fingerprint density at radius 2 is 1.81 bits per heavy atom. The molecule has 12 heteroatoms. The van der Waals surface area contributed by atoms with E-state index in [0.29, 0.717) is 22.4 Å². The molecule has 0 aliphatic carbocycles. The molecule has 0 amide bonds. The van der Waals surface area contributed by atoms with Crippen molar-refractivity contribution in [2.45, 2.75) is 11.6 Å². The minimum Gasteiger partial charge on any atom is -0.398 e. The van der Waals surface area contributed by atoms with Gasteiger partial charge in [-0.25, -0.2) is 4.39 Å². The molecule has 140 valence electrons. The Morgan fingerprint density at radius 1 is 1.19 bits per heavy atom. The van der Waals surface area contributed by atoms with E-state index in [-0.39, 0.29) is 5.69 Å². The van der Waals surface area contributed by atoms with Crippen LogP contribution in [0.3, 0.4) is 0 Å². The maximum Gasteiger partial charge on any atom is 0.375 e. The lowest BCUT2D eigenvalue weighted by Gasteiger charge is -2.26. The van der Waals surface area contributed by atoms with Gasteiger partial charge in [-0.05, 0) is 29.3 Å². The van der Waals surface area contributed by atoms with Crippen LogP contribution in [-0.2, 0) is 15.6 Å². The summed E-state index contributed by atoms with van der Waals surface area (Å²) in [5.74, 6) is 0. The van der Waals surface area contributed by atoms with Gasteiger partial charge in [-0.1, -0.05) is 12.1 Å². The molecule has 1 heterocycles. The summed E-state index contributed by atoms with van der Waals surface area (Å²) in [5.41, 5.74) is 7.04. The number of halogens is 1. The highest BCUT2D eigenvalue weighted by molar-refractivity contribution is 7.72. The molecule has 0 fully saturated rings. The third-order valence-electron chi connectivity index (χ3n) is 3.71. The van der Waals surface area contributed by atoms with E-state index < -0.39 is 26.8 Å². The van der Waals surface area contributed by atoms with Gasteiger partial charge in [0.05, 0.1) is 0 Å². The number of anilines is 1. The van der Waals surface area contributed by atoms with Crippen LogP contribution in [0.1, 0.15) is 11.3 Å². The Balaban J connectivity index is 2.54. The Hall–Kier alpha value is -1.93. The molecule has 7 N–H and O–H groups in total. The maximum absolute atomic E-state index is 14.6. The Bertz CT molecular complexity index is 920. The summed E-state index contributed by atoms with van der Waals surface area (Å²) in [6.07, 6.45) is 0.911. The molecular weight excluding hydrogens is 387 g/mol. The van der Waals surface area contributed by atoms with Gasteiger partial charge < -0.3 is 30.7 Å². The van der Waals surface area contributed by atoms with Gasteiger partial charge in [-0.3, -0.25) is 14.1 Å². The number of aromatic nitrogens is 1. The van der Waals surface area contributed by atoms with Crippen LogP contribution in [0.5, 0.6) is 0 Å². The number of nitrogen functional groups attached to an aromatic ring is 1. The van der Waals surface area contributed by atoms with Gasteiger partial charge in [-0.2, -0.15) is 0 Å². The van der Waals surface area contributed by atoms with Crippen LogP contribution >= 0.6 is 15.2 Å². The summed E-state index contributed by atoms with van der Waals surface area (Å²) < 4.78 is 37.3. The number of benzene rings is 1. The van der Waals surface area contributed by atoms with Crippen molar-refractivity contribution in [3.8, 4) is 11.1 Å². The van der Waals surface area contributed by atoms with Crippen molar-refractivity contribution in [3.05, 3.63) is 47.8 Å². The first-order valence-electron chi connectivity index (χ1n) is 7.05. The van der Waals surface area contributed by atoms with Gasteiger partial charge in [-0.15, -0.1) is 0 Å². The quantitative estimate of drug-likeness (QED) is 0.240. The molecule has 0 radical (unpaired) electrons. The van der Waals surface area contributed by atoms with Crippen LogP contribution in [0, 0.1) is 5.41 Å². The van der Waals surface area contributed by atoms with Gasteiger partial charge in [0, 0.05) is 35.8 Å². The van der Waals surface area contributed by atoms with Crippen LogP contribution in [0.15, 0.2) is 36.5 Å². The number of hydrogen-bond acceptors (Lipinski definition) is 5. The molecule has 0 aliphatic rings. The zero-order valence-electron chi connectivity index (χ0n) is 13.2. The fourth-order valence-electron chi connectivity index (χ4n) is 2.34. The van der Waals surface area contributed by atoms with Gasteiger partial charge in [0.2, 0.25) is 0 Å². The van der Waals surface area contributed by atoms with Crippen molar-refractivity contribution in [1.82, 2.24) is 4.98 Å². The third kappa shape index (κ3) is 3.76. The zero-order valence-corrected chi connectivity index (χ0v) is 14.9. The molecule has 26 heavy (non-hydrogen) atoms.